The van der Waals surface area contributed by atoms with Crippen molar-refractivity contribution in [2.75, 3.05) is 11.3 Å². The average Bonchev–Trinajstić information content (AvgIpc) is 2.48. The fraction of sp³-hybridized carbons (Fsp3) is 0.200. The van der Waals surface area contributed by atoms with Crippen molar-refractivity contribution in [1.82, 2.24) is 0 Å². The Morgan fingerprint density at radius 2 is 1.52 bits per heavy atom. The molecule has 0 saturated carbocycles. The zero-order chi connectivity index (χ0) is 15.3. The van der Waals surface area contributed by atoms with Crippen molar-refractivity contribution in [3.05, 3.63) is 59.7 Å². The second-order valence-corrected chi connectivity index (χ2v) is 6.33. The van der Waals surface area contributed by atoms with Gasteiger partial charge in [0.25, 0.3) is 10.0 Å². The summed E-state index contributed by atoms with van der Waals surface area (Å²) in [4.78, 5) is 0.203. The molecular formula is C15H18N2O3S. The fourth-order valence-corrected chi connectivity index (χ4v) is 2.95. The number of nitrogens with two attached hydrogens (primary N) is 1. The normalized spacial score (nSPS) is 11.3. The van der Waals surface area contributed by atoms with E-state index in [-0.39, 0.29) is 11.5 Å². The van der Waals surface area contributed by atoms with Gasteiger partial charge in [-0.2, -0.15) is 0 Å². The van der Waals surface area contributed by atoms with Crippen LogP contribution in [-0.2, 0) is 23.1 Å². The lowest BCUT2D eigenvalue weighted by Gasteiger charge is -2.09. The zero-order valence-electron chi connectivity index (χ0n) is 11.5. The Morgan fingerprint density at radius 1 is 0.952 bits per heavy atom. The van der Waals surface area contributed by atoms with E-state index in [1.54, 1.807) is 48.5 Å². The van der Waals surface area contributed by atoms with E-state index in [1.807, 2.05) is 0 Å². The number of rotatable bonds is 6. The van der Waals surface area contributed by atoms with E-state index in [4.69, 9.17) is 10.8 Å². The van der Waals surface area contributed by atoms with Gasteiger partial charge in [-0.25, -0.2) is 8.42 Å². The molecule has 0 aliphatic heterocycles. The van der Waals surface area contributed by atoms with Gasteiger partial charge in [-0.3, -0.25) is 4.72 Å². The zero-order valence-corrected chi connectivity index (χ0v) is 12.3. The van der Waals surface area contributed by atoms with Crippen LogP contribution in [-0.4, -0.2) is 20.1 Å². The molecule has 5 nitrogen and oxygen atoms in total. The summed E-state index contributed by atoms with van der Waals surface area (Å²) in [6.45, 7) is 0.456. The van der Waals surface area contributed by atoms with Crippen molar-refractivity contribution in [1.29, 1.82) is 0 Å². The monoisotopic (exact) mass is 306 g/mol. The standard InChI is InChI=1S/C15H18N2O3S/c16-10-9-12-3-7-15(8-4-12)21(19,20)17-14-5-1-13(11-18)2-6-14/h1-8,17-18H,9-11,16H2. The van der Waals surface area contributed by atoms with Crippen molar-refractivity contribution in [3.8, 4) is 0 Å². The Balaban J connectivity index is 2.16. The molecule has 0 fully saturated rings. The molecule has 0 aliphatic carbocycles. The Bertz CT molecular complexity index is 680. The van der Waals surface area contributed by atoms with Gasteiger partial charge in [-0.15, -0.1) is 0 Å². The maximum Gasteiger partial charge on any atom is 0.261 e. The smallest absolute Gasteiger partial charge is 0.261 e. The van der Waals surface area contributed by atoms with Gasteiger partial charge in [-0.1, -0.05) is 24.3 Å². The van der Waals surface area contributed by atoms with Gasteiger partial charge in [0.1, 0.15) is 0 Å². The molecule has 0 atom stereocenters. The maximum atomic E-state index is 12.2. The predicted octanol–water partition coefficient (Wildman–Crippen LogP) is 1.48. The van der Waals surface area contributed by atoms with Crippen molar-refractivity contribution < 1.29 is 13.5 Å². The molecule has 112 valence electrons. The van der Waals surface area contributed by atoms with Crippen LogP contribution in [0.1, 0.15) is 11.1 Å². The molecule has 21 heavy (non-hydrogen) atoms. The third-order valence-electron chi connectivity index (χ3n) is 3.06. The molecule has 4 N–H and O–H groups in total. The van der Waals surface area contributed by atoms with Crippen molar-refractivity contribution in [2.24, 2.45) is 5.73 Å². The van der Waals surface area contributed by atoms with Gasteiger partial charge >= 0.3 is 0 Å². The molecule has 2 aromatic rings. The highest BCUT2D eigenvalue weighted by Crippen LogP contribution is 2.17. The van der Waals surface area contributed by atoms with E-state index < -0.39 is 10.0 Å². The first-order valence-corrected chi connectivity index (χ1v) is 8.05. The van der Waals surface area contributed by atoms with E-state index in [2.05, 4.69) is 4.72 Å². The molecule has 0 unspecified atom stereocenters. The minimum atomic E-state index is -3.61. The summed E-state index contributed by atoms with van der Waals surface area (Å²) in [5.74, 6) is 0. The lowest BCUT2D eigenvalue weighted by atomic mass is 10.2. The van der Waals surface area contributed by atoms with Crippen molar-refractivity contribution in [2.45, 2.75) is 17.9 Å². The number of hydrogen-bond donors (Lipinski definition) is 3. The number of benzene rings is 2. The molecular weight excluding hydrogens is 288 g/mol. The number of hydrogen-bond acceptors (Lipinski definition) is 4. The van der Waals surface area contributed by atoms with Gasteiger partial charge in [-0.05, 0) is 48.4 Å². The van der Waals surface area contributed by atoms with Crippen LogP contribution in [0.5, 0.6) is 0 Å². The van der Waals surface area contributed by atoms with E-state index in [9.17, 15) is 8.42 Å². The van der Waals surface area contributed by atoms with Crippen LogP contribution in [0.2, 0.25) is 0 Å². The van der Waals surface area contributed by atoms with Crippen LogP contribution in [0.25, 0.3) is 0 Å². The summed E-state index contributed by atoms with van der Waals surface area (Å²) in [6.07, 6.45) is 0.719. The van der Waals surface area contributed by atoms with Gasteiger partial charge < -0.3 is 10.8 Å². The number of aliphatic hydroxyl groups is 1. The van der Waals surface area contributed by atoms with Crippen LogP contribution in [0.4, 0.5) is 5.69 Å². The first kappa shape index (κ1) is 15.5. The predicted molar refractivity (Wildman–Crippen MR) is 82.4 cm³/mol. The highest BCUT2D eigenvalue weighted by Gasteiger charge is 2.13. The lowest BCUT2D eigenvalue weighted by molar-refractivity contribution is 0.282. The molecule has 6 heteroatoms. The summed E-state index contributed by atoms with van der Waals surface area (Å²) in [6, 6.07) is 13.2. The molecule has 2 rings (SSSR count). The minimum Gasteiger partial charge on any atom is -0.392 e. The quantitative estimate of drug-likeness (QED) is 0.753. The molecule has 0 spiro atoms. The summed E-state index contributed by atoms with van der Waals surface area (Å²) in [5.41, 5.74) is 7.65. The van der Waals surface area contributed by atoms with Crippen molar-refractivity contribution >= 4 is 15.7 Å². The molecule has 0 aromatic heterocycles. The minimum absolute atomic E-state index is 0.0738. The first-order chi connectivity index (χ1) is 10.0. The highest BCUT2D eigenvalue weighted by atomic mass is 32.2. The third kappa shape index (κ3) is 4.04. The summed E-state index contributed by atoms with van der Waals surface area (Å²) in [5, 5.41) is 8.96. The second kappa shape index (κ2) is 6.71. The van der Waals surface area contributed by atoms with Crippen LogP contribution in [0.3, 0.4) is 0 Å². The average molecular weight is 306 g/mol. The van der Waals surface area contributed by atoms with Crippen LogP contribution in [0.15, 0.2) is 53.4 Å². The topological polar surface area (TPSA) is 92.4 Å². The fourth-order valence-electron chi connectivity index (χ4n) is 1.89. The number of aliphatic hydroxyl groups excluding tert-OH is 1. The van der Waals surface area contributed by atoms with Crippen molar-refractivity contribution in [3.63, 3.8) is 0 Å². The molecule has 0 saturated heterocycles. The first-order valence-electron chi connectivity index (χ1n) is 6.57. The third-order valence-corrected chi connectivity index (χ3v) is 4.45. The van der Waals surface area contributed by atoms with E-state index in [1.165, 1.54) is 0 Å². The Labute approximate surface area is 124 Å². The summed E-state index contributed by atoms with van der Waals surface area (Å²) in [7, 11) is -3.61. The SMILES string of the molecule is NCCc1ccc(S(=O)(=O)Nc2ccc(CO)cc2)cc1. The summed E-state index contributed by atoms with van der Waals surface area (Å²) >= 11 is 0. The Morgan fingerprint density at radius 3 is 2.05 bits per heavy atom. The molecule has 0 aliphatic rings. The molecule has 2 aromatic carbocycles. The lowest BCUT2D eigenvalue weighted by Crippen LogP contribution is -2.13. The van der Waals surface area contributed by atoms with Gasteiger partial charge in [0.2, 0.25) is 0 Å². The maximum absolute atomic E-state index is 12.2. The van der Waals surface area contributed by atoms with E-state index >= 15 is 0 Å². The van der Waals surface area contributed by atoms with Crippen LogP contribution < -0.4 is 10.5 Å². The van der Waals surface area contributed by atoms with E-state index in [0.29, 0.717) is 12.2 Å². The van der Waals surface area contributed by atoms with Gasteiger partial charge in [0, 0.05) is 5.69 Å². The number of anilines is 1. The number of nitrogens with one attached hydrogen (secondary N) is 1. The Kier molecular flexibility index (Phi) is 4.95. The molecule has 0 radical (unpaired) electrons. The molecule has 0 heterocycles. The molecule has 0 amide bonds. The largest absolute Gasteiger partial charge is 0.392 e. The highest BCUT2D eigenvalue weighted by molar-refractivity contribution is 7.92. The Hall–Kier alpha value is -1.89. The summed E-state index contributed by atoms with van der Waals surface area (Å²) < 4.78 is 27.0. The van der Waals surface area contributed by atoms with Gasteiger partial charge in [0.05, 0.1) is 11.5 Å². The van der Waals surface area contributed by atoms with Gasteiger partial charge in [0.15, 0.2) is 0 Å². The second-order valence-electron chi connectivity index (χ2n) is 4.64. The number of sulfonamides is 1. The van der Waals surface area contributed by atoms with E-state index in [0.717, 1.165) is 17.5 Å². The molecule has 0 bridgehead atoms. The van der Waals surface area contributed by atoms with Crippen LogP contribution in [0, 0.1) is 0 Å². The van der Waals surface area contributed by atoms with Crippen LogP contribution >= 0.6 is 0 Å².